The van der Waals surface area contributed by atoms with E-state index in [9.17, 15) is 5.11 Å². The minimum absolute atomic E-state index is 0.219. The summed E-state index contributed by atoms with van der Waals surface area (Å²) in [6, 6.07) is 9.31. The van der Waals surface area contributed by atoms with Gasteiger partial charge in [0.25, 0.3) is 0 Å². The molecule has 0 spiro atoms. The zero-order valence-corrected chi connectivity index (χ0v) is 13.1. The summed E-state index contributed by atoms with van der Waals surface area (Å²) < 4.78 is 5.02. The van der Waals surface area contributed by atoms with Crippen molar-refractivity contribution in [3.05, 3.63) is 29.8 Å². The molecule has 1 fully saturated rings. The Balaban J connectivity index is 1.91. The van der Waals surface area contributed by atoms with Gasteiger partial charge in [-0.1, -0.05) is 25.0 Å². The van der Waals surface area contributed by atoms with Crippen LogP contribution in [0.2, 0.25) is 0 Å². The van der Waals surface area contributed by atoms with Gasteiger partial charge in [0.1, 0.15) is 0 Å². The van der Waals surface area contributed by atoms with Crippen molar-refractivity contribution < 1.29 is 9.84 Å². The zero-order valence-electron chi connectivity index (χ0n) is 13.1. The highest BCUT2D eigenvalue weighted by Gasteiger charge is 2.22. The zero-order chi connectivity index (χ0) is 14.9. The fraction of sp³-hybridized carbons (Fsp3) is 0.647. The lowest BCUT2D eigenvalue weighted by atomic mass is 10.1. The molecule has 4 heteroatoms. The summed E-state index contributed by atoms with van der Waals surface area (Å²) >= 11 is 0. The van der Waals surface area contributed by atoms with Gasteiger partial charge in [-0.25, -0.2) is 0 Å². The molecule has 0 radical (unpaired) electrons. The number of ether oxygens (including phenoxy) is 1. The second kappa shape index (κ2) is 9.03. The molecule has 21 heavy (non-hydrogen) atoms. The normalized spacial score (nSPS) is 15.5. The van der Waals surface area contributed by atoms with Crippen molar-refractivity contribution in [2.75, 3.05) is 38.3 Å². The molecule has 2 rings (SSSR count). The summed E-state index contributed by atoms with van der Waals surface area (Å²) in [4.78, 5) is 2.37. The number of benzene rings is 1. The quantitative estimate of drug-likeness (QED) is 0.685. The van der Waals surface area contributed by atoms with Gasteiger partial charge in [-0.05, 0) is 30.5 Å². The van der Waals surface area contributed by atoms with Gasteiger partial charge in [0.2, 0.25) is 0 Å². The van der Waals surface area contributed by atoms with E-state index in [1.807, 2.05) is 0 Å². The molecule has 0 aliphatic heterocycles. The van der Waals surface area contributed by atoms with E-state index >= 15 is 0 Å². The molecule has 2 N–H and O–H groups in total. The fourth-order valence-electron chi connectivity index (χ4n) is 3.06. The molecular weight excluding hydrogens is 264 g/mol. The van der Waals surface area contributed by atoms with E-state index in [1.165, 1.54) is 36.9 Å². The van der Waals surface area contributed by atoms with Crippen LogP contribution in [0.5, 0.6) is 0 Å². The van der Waals surface area contributed by atoms with Gasteiger partial charge in [0, 0.05) is 38.5 Å². The highest BCUT2D eigenvalue weighted by Crippen LogP contribution is 2.28. The van der Waals surface area contributed by atoms with Crippen LogP contribution in [0.4, 0.5) is 5.69 Å². The van der Waals surface area contributed by atoms with Crippen LogP contribution in [-0.4, -0.2) is 44.6 Å². The van der Waals surface area contributed by atoms with E-state index in [0.717, 1.165) is 26.2 Å². The van der Waals surface area contributed by atoms with Crippen LogP contribution in [0.15, 0.2) is 24.3 Å². The minimum Gasteiger partial charge on any atom is -0.395 e. The number of hydrogen-bond donors (Lipinski definition) is 2. The van der Waals surface area contributed by atoms with E-state index in [0.29, 0.717) is 6.04 Å². The van der Waals surface area contributed by atoms with Crippen molar-refractivity contribution in [3.8, 4) is 0 Å². The Morgan fingerprint density at radius 2 is 1.95 bits per heavy atom. The predicted octanol–water partition coefficient (Wildman–Crippen LogP) is 2.16. The molecule has 1 aliphatic rings. The number of anilines is 1. The van der Waals surface area contributed by atoms with Gasteiger partial charge in [0.15, 0.2) is 0 Å². The molecule has 0 heterocycles. The summed E-state index contributed by atoms with van der Waals surface area (Å²) in [5.74, 6) is 0. The Labute approximate surface area is 128 Å². The molecule has 0 unspecified atom stereocenters. The molecule has 4 nitrogen and oxygen atoms in total. The lowest BCUT2D eigenvalue weighted by Gasteiger charge is -2.30. The maximum Gasteiger partial charge on any atom is 0.0606 e. The average Bonchev–Trinajstić information content (AvgIpc) is 3.04. The molecule has 1 aromatic carbocycles. The number of nitrogens with zero attached hydrogens (tertiary/aromatic N) is 1. The van der Waals surface area contributed by atoms with Crippen LogP contribution in [-0.2, 0) is 11.3 Å². The third-order valence-electron chi connectivity index (χ3n) is 4.19. The standard InChI is InChI=1S/C17H28N2O2/c1-21-13-10-18-14-15-6-8-17(9-7-15)19(11-12-20)16-4-2-3-5-16/h6-9,16,18,20H,2-5,10-14H2,1H3. The topological polar surface area (TPSA) is 44.7 Å². The van der Waals surface area contributed by atoms with Crippen LogP contribution in [0, 0.1) is 0 Å². The number of aliphatic hydroxyl groups is 1. The van der Waals surface area contributed by atoms with E-state index in [1.54, 1.807) is 7.11 Å². The van der Waals surface area contributed by atoms with Crippen LogP contribution >= 0.6 is 0 Å². The van der Waals surface area contributed by atoms with Crippen LogP contribution in [0.3, 0.4) is 0 Å². The molecule has 1 aromatic rings. The first-order chi connectivity index (χ1) is 10.3. The van der Waals surface area contributed by atoms with Gasteiger partial charge in [-0.15, -0.1) is 0 Å². The smallest absolute Gasteiger partial charge is 0.0606 e. The number of rotatable bonds is 9. The van der Waals surface area contributed by atoms with E-state index in [2.05, 4.69) is 34.5 Å². The van der Waals surface area contributed by atoms with Gasteiger partial charge >= 0.3 is 0 Å². The average molecular weight is 292 g/mol. The molecular formula is C17H28N2O2. The summed E-state index contributed by atoms with van der Waals surface area (Å²) in [6.45, 7) is 3.43. The molecule has 1 saturated carbocycles. The first-order valence-corrected chi connectivity index (χ1v) is 8.01. The molecule has 0 amide bonds. The summed E-state index contributed by atoms with van der Waals surface area (Å²) in [7, 11) is 1.72. The number of methoxy groups -OCH3 is 1. The SMILES string of the molecule is COCCNCc1ccc(N(CCO)C2CCCC2)cc1. The van der Waals surface area contributed by atoms with Crippen LogP contribution in [0.1, 0.15) is 31.2 Å². The monoisotopic (exact) mass is 292 g/mol. The van der Waals surface area contributed by atoms with Crippen molar-refractivity contribution in [2.24, 2.45) is 0 Å². The second-order valence-electron chi connectivity index (χ2n) is 5.69. The third kappa shape index (κ3) is 4.99. The number of nitrogens with one attached hydrogen (secondary N) is 1. The van der Waals surface area contributed by atoms with Crippen molar-refractivity contribution >= 4 is 5.69 Å². The number of hydrogen-bond acceptors (Lipinski definition) is 4. The van der Waals surface area contributed by atoms with Crippen molar-refractivity contribution in [1.29, 1.82) is 0 Å². The third-order valence-corrected chi connectivity index (χ3v) is 4.19. The minimum atomic E-state index is 0.219. The van der Waals surface area contributed by atoms with Crippen LogP contribution in [0.25, 0.3) is 0 Å². The molecule has 118 valence electrons. The maximum absolute atomic E-state index is 9.32. The Hall–Kier alpha value is -1.10. The highest BCUT2D eigenvalue weighted by molar-refractivity contribution is 5.48. The predicted molar refractivity (Wildman–Crippen MR) is 86.7 cm³/mol. The molecule has 0 saturated heterocycles. The summed E-state index contributed by atoms with van der Waals surface area (Å²) in [5, 5.41) is 12.7. The van der Waals surface area contributed by atoms with Crippen molar-refractivity contribution in [3.63, 3.8) is 0 Å². The van der Waals surface area contributed by atoms with E-state index in [4.69, 9.17) is 4.74 Å². The van der Waals surface area contributed by atoms with Gasteiger partial charge in [-0.2, -0.15) is 0 Å². The van der Waals surface area contributed by atoms with Crippen molar-refractivity contribution in [1.82, 2.24) is 5.32 Å². The van der Waals surface area contributed by atoms with Crippen molar-refractivity contribution in [2.45, 2.75) is 38.3 Å². The molecule has 0 aromatic heterocycles. The first-order valence-electron chi connectivity index (χ1n) is 8.01. The summed E-state index contributed by atoms with van der Waals surface area (Å²) in [6.07, 6.45) is 5.13. The lowest BCUT2D eigenvalue weighted by Crippen LogP contribution is -2.35. The second-order valence-corrected chi connectivity index (χ2v) is 5.69. The maximum atomic E-state index is 9.32. The Bertz CT molecular complexity index is 388. The van der Waals surface area contributed by atoms with Crippen LogP contribution < -0.4 is 10.2 Å². The van der Waals surface area contributed by atoms with E-state index < -0.39 is 0 Å². The molecule has 0 bridgehead atoms. The van der Waals surface area contributed by atoms with Gasteiger partial charge < -0.3 is 20.1 Å². The largest absolute Gasteiger partial charge is 0.395 e. The Morgan fingerprint density at radius 1 is 1.24 bits per heavy atom. The Kier molecular flexibility index (Phi) is 7.00. The summed E-state index contributed by atoms with van der Waals surface area (Å²) in [5.41, 5.74) is 2.52. The Morgan fingerprint density at radius 3 is 2.57 bits per heavy atom. The lowest BCUT2D eigenvalue weighted by molar-refractivity contribution is 0.199. The molecule has 1 aliphatic carbocycles. The first kappa shape index (κ1) is 16.3. The highest BCUT2D eigenvalue weighted by atomic mass is 16.5. The van der Waals surface area contributed by atoms with E-state index in [-0.39, 0.29) is 6.61 Å². The fourth-order valence-corrected chi connectivity index (χ4v) is 3.06. The van der Waals surface area contributed by atoms with Gasteiger partial charge in [0.05, 0.1) is 13.2 Å². The number of aliphatic hydroxyl groups excluding tert-OH is 1. The molecule has 0 atom stereocenters. The van der Waals surface area contributed by atoms with Gasteiger partial charge in [-0.3, -0.25) is 0 Å².